The lowest BCUT2D eigenvalue weighted by molar-refractivity contribution is 0.247. The van der Waals surface area contributed by atoms with E-state index in [-0.39, 0.29) is 0 Å². The Morgan fingerprint density at radius 2 is 2.37 bits per heavy atom. The summed E-state index contributed by atoms with van der Waals surface area (Å²) in [7, 11) is 4.40. The van der Waals surface area contributed by atoms with Crippen molar-refractivity contribution in [1.82, 2.24) is 15.1 Å². The summed E-state index contributed by atoms with van der Waals surface area (Å²) in [5.41, 5.74) is 1.29. The van der Waals surface area contributed by atoms with Crippen molar-refractivity contribution >= 4 is 0 Å². The Morgan fingerprint density at radius 1 is 1.53 bits per heavy atom. The largest absolute Gasteiger partial charge is 0.468 e. The first-order valence-corrected chi connectivity index (χ1v) is 7.32. The van der Waals surface area contributed by atoms with E-state index in [1.165, 1.54) is 25.1 Å². The molecule has 0 radical (unpaired) electrons. The molecule has 1 aliphatic heterocycles. The summed E-state index contributed by atoms with van der Waals surface area (Å²) in [6.07, 6.45) is 3.13. The molecule has 0 spiro atoms. The molecule has 0 amide bonds. The molecule has 1 unspecified atom stereocenters. The SMILES string of the molecule is CCNCc1ccoc1CN(C)CC1CCN(C)C1. The summed E-state index contributed by atoms with van der Waals surface area (Å²) in [5.74, 6) is 1.91. The quantitative estimate of drug-likeness (QED) is 0.814. The zero-order chi connectivity index (χ0) is 13.7. The third-order valence-electron chi connectivity index (χ3n) is 3.88. The van der Waals surface area contributed by atoms with E-state index in [1.54, 1.807) is 6.26 Å². The molecule has 2 rings (SSSR count). The molecular weight excluding hydrogens is 238 g/mol. The average Bonchev–Trinajstić information content (AvgIpc) is 2.96. The summed E-state index contributed by atoms with van der Waals surface area (Å²) in [4.78, 5) is 4.81. The molecule has 1 aliphatic rings. The van der Waals surface area contributed by atoms with Crippen LogP contribution in [0.15, 0.2) is 16.7 Å². The van der Waals surface area contributed by atoms with Gasteiger partial charge in [0.1, 0.15) is 5.76 Å². The fourth-order valence-corrected chi connectivity index (χ4v) is 2.85. The van der Waals surface area contributed by atoms with Crippen molar-refractivity contribution in [1.29, 1.82) is 0 Å². The van der Waals surface area contributed by atoms with E-state index in [0.29, 0.717) is 0 Å². The minimum absolute atomic E-state index is 0.808. The lowest BCUT2D eigenvalue weighted by atomic mass is 10.1. The van der Waals surface area contributed by atoms with E-state index in [2.05, 4.69) is 42.2 Å². The highest BCUT2D eigenvalue weighted by molar-refractivity contribution is 5.16. The predicted octanol–water partition coefficient (Wildman–Crippen LogP) is 1.77. The van der Waals surface area contributed by atoms with E-state index in [9.17, 15) is 0 Å². The second kappa shape index (κ2) is 7.08. The predicted molar refractivity (Wildman–Crippen MR) is 78.0 cm³/mol. The standard InChI is InChI=1S/C15H27N3O/c1-4-16-9-14-6-8-19-15(14)12-18(3)11-13-5-7-17(2)10-13/h6,8,13,16H,4-5,7,9-12H2,1-3H3. The van der Waals surface area contributed by atoms with Crippen LogP contribution in [0, 0.1) is 5.92 Å². The van der Waals surface area contributed by atoms with E-state index in [4.69, 9.17) is 4.42 Å². The minimum atomic E-state index is 0.808. The maximum absolute atomic E-state index is 5.63. The lowest BCUT2D eigenvalue weighted by Crippen LogP contribution is -2.27. The second-order valence-corrected chi connectivity index (χ2v) is 5.76. The van der Waals surface area contributed by atoms with Crippen LogP contribution in [-0.4, -0.2) is 50.1 Å². The summed E-state index contributed by atoms with van der Waals surface area (Å²) in [6.45, 7) is 8.57. The molecule has 4 heteroatoms. The molecule has 4 nitrogen and oxygen atoms in total. The van der Waals surface area contributed by atoms with Crippen LogP contribution >= 0.6 is 0 Å². The number of hydrogen-bond donors (Lipinski definition) is 1. The van der Waals surface area contributed by atoms with Crippen LogP contribution in [0.3, 0.4) is 0 Å². The molecule has 0 saturated carbocycles. The zero-order valence-corrected chi connectivity index (χ0v) is 12.5. The Hall–Kier alpha value is -0.840. The number of rotatable bonds is 7. The van der Waals surface area contributed by atoms with Crippen LogP contribution in [0.2, 0.25) is 0 Å². The van der Waals surface area contributed by atoms with Gasteiger partial charge in [0.2, 0.25) is 0 Å². The average molecular weight is 265 g/mol. The van der Waals surface area contributed by atoms with E-state index >= 15 is 0 Å². The molecule has 108 valence electrons. The fraction of sp³-hybridized carbons (Fsp3) is 0.733. The first-order chi connectivity index (χ1) is 9.19. The van der Waals surface area contributed by atoms with Gasteiger partial charge in [-0.25, -0.2) is 0 Å². The van der Waals surface area contributed by atoms with Gasteiger partial charge in [-0.1, -0.05) is 6.92 Å². The van der Waals surface area contributed by atoms with Gasteiger partial charge in [0.15, 0.2) is 0 Å². The summed E-state index contributed by atoms with van der Waals surface area (Å²) in [5, 5.41) is 3.36. The van der Waals surface area contributed by atoms with Crippen molar-refractivity contribution in [2.24, 2.45) is 5.92 Å². The van der Waals surface area contributed by atoms with Crippen molar-refractivity contribution in [2.45, 2.75) is 26.4 Å². The van der Waals surface area contributed by atoms with Crippen molar-refractivity contribution in [3.8, 4) is 0 Å². The smallest absolute Gasteiger partial charge is 0.122 e. The van der Waals surface area contributed by atoms with E-state index < -0.39 is 0 Å². The molecule has 1 aromatic heterocycles. The van der Waals surface area contributed by atoms with Gasteiger partial charge < -0.3 is 14.6 Å². The highest BCUT2D eigenvalue weighted by atomic mass is 16.3. The molecule has 0 bridgehead atoms. The van der Waals surface area contributed by atoms with Crippen LogP contribution in [0.1, 0.15) is 24.7 Å². The highest BCUT2D eigenvalue weighted by Crippen LogP contribution is 2.18. The van der Waals surface area contributed by atoms with Crippen LogP contribution < -0.4 is 5.32 Å². The van der Waals surface area contributed by atoms with Gasteiger partial charge >= 0.3 is 0 Å². The van der Waals surface area contributed by atoms with Crippen LogP contribution in [0.5, 0.6) is 0 Å². The normalized spacial score (nSPS) is 20.5. The van der Waals surface area contributed by atoms with Gasteiger partial charge in [0, 0.05) is 25.2 Å². The minimum Gasteiger partial charge on any atom is -0.468 e. The van der Waals surface area contributed by atoms with Gasteiger partial charge in [0.05, 0.1) is 12.8 Å². The van der Waals surface area contributed by atoms with Crippen LogP contribution in [0.4, 0.5) is 0 Å². The first kappa shape index (κ1) is 14.6. The van der Waals surface area contributed by atoms with Gasteiger partial charge in [-0.2, -0.15) is 0 Å². The monoisotopic (exact) mass is 265 g/mol. The van der Waals surface area contributed by atoms with Gasteiger partial charge in [-0.15, -0.1) is 0 Å². The molecule has 1 saturated heterocycles. The van der Waals surface area contributed by atoms with Crippen molar-refractivity contribution < 1.29 is 4.42 Å². The molecule has 2 heterocycles. The molecular formula is C15H27N3O. The number of nitrogens with zero attached hydrogens (tertiary/aromatic N) is 2. The Kier molecular flexibility index (Phi) is 5.43. The Bertz CT molecular complexity index is 377. The third kappa shape index (κ3) is 4.34. The second-order valence-electron chi connectivity index (χ2n) is 5.76. The van der Waals surface area contributed by atoms with Gasteiger partial charge in [0.25, 0.3) is 0 Å². The topological polar surface area (TPSA) is 31.7 Å². The number of likely N-dealkylation sites (tertiary alicyclic amines) is 1. The van der Waals surface area contributed by atoms with Crippen LogP contribution in [0.25, 0.3) is 0 Å². The van der Waals surface area contributed by atoms with Crippen molar-refractivity contribution in [3.05, 3.63) is 23.7 Å². The van der Waals surface area contributed by atoms with Crippen molar-refractivity contribution in [2.75, 3.05) is 40.3 Å². The van der Waals surface area contributed by atoms with Gasteiger partial charge in [-0.05, 0) is 45.6 Å². The molecule has 1 atom stereocenters. The lowest BCUT2D eigenvalue weighted by Gasteiger charge is -2.20. The molecule has 1 aromatic rings. The Morgan fingerprint density at radius 3 is 3.05 bits per heavy atom. The summed E-state index contributed by atoms with van der Waals surface area (Å²) in [6, 6.07) is 2.08. The van der Waals surface area contributed by atoms with E-state index in [0.717, 1.165) is 37.9 Å². The molecule has 0 aromatic carbocycles. The maximum Gasteiger partial charge on any atom is 0.122 e. The molecule has 19 heavy (non-hydrogen) atoms. The maximum atomic E-state index is 5.63. The Labute approximate surface area is 116 Å². The van der Waals surface area contributed by atoms with E-state index in [1.807, 2.05) is 0 Å². The van der Waals surface area contributed by atoms with Gasteiger partial charge in [-0.3, -0.25) is 4.90 Å². The number of nitrogens with one attached hydrogen (secondary N) is 1. The third-order valence-corrected chi connectivity index (χ3v) is 3.88. The molecule has 1 fully saturated rings. The highest BCUT2D eigenvalue weighted by Gasteiger charge is 2.21. The fourth-order valence-electron chi connectivity index (χ4n) is 2.85. The number of furan rings is 1. The number of hydrogen-bond acceptors (Lipinski definition) is 4. The molecule has 0 aliphatic carbocycles. The summed E-state index contributed by atoms with van der Waals surface area (Å²) < 4.78 is 5.63. The Balaban J connectivity index is 1.81. The van der Waals surface area contributed by atoms with Crippen LogP contribution in [-0.2, 0) is 13.1 Å². The molecule has 1 N–H and O–H groups in total. The summed E-state index contributed by atoms with van der Waals surface area (Å²) >= 11 is 0. The van der Waals surface area contributed by atoms with Crippen molar-refractivity contribution in [3.63, 3.8) is 0 Å². The zero-order valence-electron chi connectivity index (χ0n) is 12.5. The first-order valence-electron chi connectivity index (χ1n) is 7.32.